The molecule has 0 spiro atoms. The van der Waals surface area contributed by atoms with Crippen LogP contribution >= 0.6 is 0 Å². The Morgan fingerprint density at radius 2 is 2.00 bits per heavy atom. The Morgan fingerprint density at radius 1 is 1.37 bits per heavy atom. The van der Waals surface area contributed by atoms with Crippen LogP contribution in [-0.4, -0.2) is 31.2 Å². The maximum atomic E-state index is 11.2. The van der Waals surface area contributed by atoms with E-state index in [1.165, 1.54) is 20.1 Å². The summed E-state index contributed by atoms with van der Waals surface area (Å²) in [6, 6.07) is 2.24. The van der Waals surface area contributed by atoms with Crippen LogP contribution in [0.5, 0.6) is 5.75 Å². The van der Waals surface area contributed by atoms with Crippen molar-refractivity contribution < 1.29 is 32.0 Å². The Bertz CT molecular complexity index is 770. The Hall–Kier alpha value is -2.06. The van der Waals surface area contributed by atoms with Gasteiger partial charge in [-0.1, -0.05) is 0 Å². The third-order valence-corrected chi connectivity index (χ3v) is 3.52. The number of rotatable bonds is 3. The molecule has 0 fully saturated rings. The lowest BCUT2D eigenvalue weighted by Gasteiger charge is -2.05. The highest BCUT2D eigenvalue weighted by molar-refractivity contribution is 7.86. The van der Waals surface area contributed by atoms with Gasteiger partial charge in [-0.2, -0.15) is 8.42 Å². The van der Waals surface area contributed by atoms with Crippen molar-refractivity contribution in [2.75, 3.05) is 7.11 Å². The summed E-state index contributed by atoms with van der Waals surface area (Å²) >= 11 is 0. The Morgan fingerprint density at radius 3 is 2.47 bits per heavy atom. The number of hydrogen-bond donors (Lipinski definition) is 2. The predicted octanol–water partition coefficient (Wildman–Crippen LogP) is 1.69. The molecule has 0 bridgehead atoms. The van der Waals surface area contributed by atoms with Gasteiger partial charge in [0.15, 0.2) is 0 Å². The van der Waals surface area contributed by atoms with Crippen LogP contribution in [0, 0.1) is 6.92 Å². The number of ether oxygens (including phenoxy) is 1. The fourth-order valence-corrected chi connectivity index (χ4v) is 2.51. The van der Waals surface area contributed by atoms with Crippen LogP contribution in [0.4, 0.5) is 0 Å². The largest absolute Gasteiger partial charge is 0.495 e. The number of benzene rings is 1. The van der Waals surface area contributed by atoms with E-state index in [4.69, 9.17) is 18.8 Å². The van der Waals surface area contributed by atoms with E-state index in [0.717, 1.165) is 6.07 Å². The van der Waals surface area contributed by atoms with E-state index >= 15 is 0 Å². The first-order valence-corrected chi connectivity index (χ1v) is 6.51. The molecular formula is C11H10O7S. The third kappa shape index (κ3) is 2.15. The highest BCUT2D eigenvalue weighted by atomic mass is 32.2. The molecule has 0 aliphatic carbocycles. The first-order chi connectivity index (χ1) is 8.75. The van der Waals surface area contributed by atoms with Crippen molar-refractivity contribution in [2.45, 2.75) is 11.8 Å². The number of carboxylic acid groups (broad SMARTS) is 1. The van der Waals surface area contributed by atoms with E-state index in [1.54, 1.807) is 0 Å². The molecule has 0 aliphatic heterocycles. The maximum absolute atomic E-state index is 11.2. The molecule has 0 atom stereocenters. The van der Waals surface area contributed by atoms with E-state index < -0.39 is 21.0 Å². The fourth-order valence-electron chi connectivity index (χ4n) is 1.85. The average molecular weight is 286 g/mol. The van der Waals surface area contributed by atoms with E-state index in [0.29, 0.717) is 0 Å². The van der Waals surface area contributed by atoms with Crippen molar-refractivity contribution in [1.29, 1.82) is 0 Å². The number of aryl methyl sites for hydroxylation is 1. The van der Waals surface area contributed by atoms with Crippen LogP contribution in [0.15, 0.2) is 21.4 Å². The van der Waals surface area contributed by atoms with Crippen molar-refractivity contribution in [3.63, 3.8) is 0 Å². The molecule has 0 amide bonds. The number of carbonyl (C=O) groups is 1. The highest BCUT2D eigenvalue weighted by Gasteiger charge is 2.23. The number of carboxylic acids is 1. The van der Waals surface area contributed by atoms with E-state index in [-0.39, 0.29) is 28.0 Å². The van der Waals surface area contributed by atoms with Gasteiger partial charge in [-0.25, -0.2) is 4.79 Å². The molecule has 0 saturated heterocycles. The van der Waals surface area contributed by atoms with Crippen molar-refractivity contribution in [3.05, 3.63) is 23.5 Å². The smallest absolute Gasteiger partial charge is 0.339 e. The number of hydrogen-bond acceptors (Lipinski definition) is 5. The van der Waals surface area contributed by atoms with E-state index in [2.05, 4.69) is 0 Å². The highest BCUT2D eigenvalue weighted by Crippen LogP contribution is 2.34. The van der Waals surface area contributed by atoms with Gasteiger partial charge in [-0.3, -0.25) is 4.55 Å². The van der Waals surface area contributed by atoms with Crippen LogP contribution in [0.2, 0.25) is 0 Å². The molecule has 1 aromatic heterocycles. The summed E-state index contributed by atoms with van der Waals surface area (Å²) in [5.74, 6) is -1.21. The van der Waals surface area contributed by atoms with Gasteiger partial charge in [-0.05, 0) is 13.0 Å². The molecule has 19 heavy (non-hydrogen) atoms. The second-order valence-corrected chi connectivity index (χ2v) is 5.20. The molecule has 1 aromatic carbocycles. The summed E-state index contributed by atoms with van der Waals surface area (Å²) in [4.78, 5) is 10.6. The van der Waals surface area contributed by atoms with Crippen LogP contribution in [0.25, 0.3) is 11.0 Å². The molecule has 1 heterocycles. The van der Waals surface area contributed by atoms with Crippen LogP contribution in [0.3, 0.4) is 0 Å². The molecule has 0 unspecified atom stereocenters. The average Bonchev–Trinajstić information content (AvgIpc) is 2.60. The monoisotopic (exact) mass is 286 g/mol. The predicted molar refractivity (Wildman–Crippen MR) is 64.3 cm³/mol. The number of aromatic carboxylic acids is 1. The standard InChI is InChI=1S/C11H10O7S/c1-5-10(11(12)13)6-3-8(17-2)9(19(14,15)16)4-7(6)18-5/h3-4H,1-2H3,(H,12,13)(H,14,15,16). The third-order valence-electron chi connectivity index (χ3n) is 2.64. The summed E-state index contributed by atoms with van der Waals surface area (Å²) in [5.41, 5.74) is -0.0292. The van der Waals surface area contributed by atoms with Crippen LogP contribution in [-0.2, 0) is 10.1 Å². The zero-order valence-electron chi connectivity index (χ0n) is 10.00. The molecule has 8 heteroatoms. The molecule has 7 nitrogen and oxygen atoms in total. The number of furan rings is 1. The van der Waals surface area contributed by atoms with Crippen LogP contribution in [0.1, 0.15) is 16.1 Å². The summed E-state index contributed by atoms with van der Waals surface area (Å²) in [5, 5.41) is 9.28. The minimum atomic E-state index is -4.49. The van der Waals surface area contributed by atoms with Gasteiger partial charge >= 0.3 is 5.97 Å². The molecule has 2 aromatic rings. The molecule has 2 rings (SSSR count). The maximum Gasteiger partial charge on any atom is 0.339 e. The Balaban J connectivity index is 2.90. The van der Waals surface area contributed by atoms with E-state index in [1.807, 2.05) is 0 Å². The molecule has 2 N–H and O–H groups in total. The van der Waals surface area contributed by atoms with Gasteiger partial charge in [0.05, 0.1) is 7.11 Å². The minimum Gasteiger partial charge on any atom is -0.495 e. The van der Waals surface area contributed by atoms with Gasteiger partial charge < -0.3 is 14.3 Å². The molecule has 0 saturated carbocycles. The second-order valence-electron chi connectivity index (χ2n) is 3.81. The molecule has 0 aliphatic rings. The van der Waals surface area contributed by atoms with Gasteiger partial charge in [-0.15, -0.1) is 0 Å². The van der Waals surface area contributed by atoms with Crippen LogP contribution < -0.4 is 4.74 Å². The molecule has 0 radical (unpaired) electrons. The van der Waals surface area contributed by atoms with Crippen molar-refractivity contribution in [3.8, 4) is 5.75 Å². The van der Waals surface area contributed by atoms with Gasteiger partial charge in [0, 0.05) is 11.5 Å². The summed E-state index contributed by atoms with van der Waals surface area (Å²) in [6.07, 6.45) is 0. The van der Waals surface area contributed by atoms with E-state index in [9.17, 15) is 13.2 Å². The van der Waals surface area contributed by atoms with Gasteiger partial charge in [0.2, 0.25) is 0 Å². The SMILES string of the molecule is COc1cc2c(C(=O)O)c(C)oc2cc1S(=O)(=O)O. The lowest BCUT2D eigenvalue weighted by atomic mass is 10.1. The molecular weight excluding hydrogens is 276 g/mol. The summed E-state index contributed by atoms with van der Waals surface area (Å²) in [6.45, 7) is 1.45. The summed E-state index contributed by atoms with van der Waals surface area (Å²) in [7, 11) is -3.28. The quantitative estimate of drug-likeness (QED) is 0.825. The number of fused-ring (bicyclic) bond motifs is 1. The van der Waals surface area contributed by atoms with Gasteiger partial charge in [0.25, 0.3) is 10.1 Å². The molecule has 102 valence electrons. The lowest BCUT2D eigenvalue weighted by Crippen LogP contribution is -2.02. The first-order valence-electron chi connectivity index (χ1n) is 5.07. The Labute approximate surface area is 108 Å². The summed E-state index contributed by atoms with van der Waals surface area (Å²) < 4.78 is 41.5. The fraction of sp³-hybridized carbons (Fsp3) is 0.182. The Kier molecular flexibility index (Phi) is 2.99. The number of methoxy groups -OCH3 is 1. The second kappa shape index (κ2) is 4.25. The minimum absolute atomic E-state index is 0.0447. The topological polar surface area (TPSA) is 114 Å². The lowest BCUT2D eigenvalue weighted by molar-refractivity contribution is 0.0697. The van der Waals surface area contributed by atoms with Crippen molar-refractivity contribution in [2.24, 2.45) is 0 Å². The normalized spacial score (nSPS) is 11.7. The zero-order chi connectivity index (χ0) is 14.4. The van der Waals surface area contributed by atoms with Gasteiger partial charge in [0.1, 0.15) is 27.6 Å². The van der Waals surface area contributed by atoms with Crippen molar-refractivity contribution >= 4 is 27.1 Å². The zero-order valence-corrected chi connectivity index (χ0v) is 10.8. The van der Waals surface area contributed by atoms with Crippen molar-refractivity contribution in [1.82, 2.24) is 0 Å². The first kappa shape index (κ1) is 13.4.